The summed E-state index contributed by atoms with van der Waals surface area (Å²) in [6.07, 6.45) is -5.15. The number of hydrogen-bond donors (Lipinski definition) is 0. The Morgan fingerprint density at radius 2 is 1.23 bits per heavy atom. The molecule has 1 aromatic carbocycles. The van der Waals surface area contributed by atoms with Gasteiger partial charge in [0.05, 0.1) is 34.4 Å². The van der Waals surface area contributed by atoms with E-state index in [4.69, 9.17) is 16.0 Å². The number of alkyl halides is 4. The van der Waals surface area contributed by atoms with Gasteiger partial charge in [0.2, 0.25) is 0 Å². The summed E-state index contributed by atoms with van der Waals surface area (Å²) in [5, 5.41) is -0.933. The maximum atomic E-state index is 13.1. The molecule has 0 radical (unpaired) electrons. The molecule has 1 rings (SSSR count). The summed E-state index contributed by atoms with van der Waals surface area (Å²) in [5.74, 6) is -0.230. The van der Waals surface area contributed by atoms with E-state index >= 15 is 0 Å². The minimum Gasteiger partial charge on any atom is -0.417 e. The maximum absolute atomic E-state index is 13.1. The first-order valence-corrected chi connectivity index (χ1v) is 26.0. The third-order valence-corrected chi connectivity index (χ3v) is 73.7. The molecule has 10 heteroatoms. The zero-order valence-corrected chi connectivity index (χ0v) is 24.5. The number of hydrogen-bond acceptors (Lipinski definition) is 2. The van der Waals surface area contributed by atoms with Crippen molar-refractivity contribution in [2.24, 2.45) is 0 Å². The summed E-state index contributed by atoms with van der Waals surface area (Å²) in [6, 6.07) is 4.94. The lowest BCUT2D eigenvalue weighted by molar-refractivity contribution is -0.137. The van der Waals surface area contributed by atoms with Crippen LogP contribution in [-0.2, 0) is 15.4 Å². The molecule has 2 unspecified atom stereocenters. The van der Waals surface area contributed by atoms with Crippen molar-refractivity contribution in [1.29, 1.82) is 0 Å². The molecule has 30 heavy (non-hydrogen) atoms. The minimum absolute atomic E-state index is 0.230. The number of Topliss-reactive ketones (excluding diaryl/α,β-unsaturated/α-hetero) is 1. The Balaban J connectivity index is 3.71. The van der Waals surface area contributed by atoms with Crippen LogP contribution in [0.1, 0.15) is 24.2 Å². The lowest BCUT2D eigenvalue weighted by atomic mass is 10.0. The van der Waals surface area contributed by atoms with Crippen molar-refractivity contribution in [3.05, 3.63) is 35.4 Å². The van der Waals surface area contributed by atoms with E-state index in [-0.39, 0.29) is 5.78 Å². The minimum atomic E-state index is -4.41. The average Bonchev–Trinajstić information content (AvgIpc) is 2.50. The van der Waals surface area contributed by atoms with E-state index in [1.807, 2.05) is 0 Å². The van der Waals surface area contributed by atoms with Gasteiger partial charge in [0, 0.05) is 0 Å². The predicted octanol–water partition coefficient (Wildman–Crippen LogP) is 7.15. The highest BCUT2D eigenvalue weighted by Gasteiger charge is 2.65. The van der Waals surface area contributed by atoms with Crippen LogP contribution in [0.25, 0.3) is 0 Å². The summed E-state index contributed by atoms with van der Waals surface area (Å²) in [4.78, 5) is 12.3. The van der Waals surface area contributed by atoms with Crippen molar-refractivity contribution in [2.45, 2.75) is 83.5 Å². The number of carbonyl (C=O) groups excluding carboxylic acids is 1. The van der Waals surface area contributed by atoms with Crippen molar-refractivity contribution >= 4 is 47.0 Å². The van der Waals surface area contributed by atoms with E-state index in [9.17, 15) is 18.0 Å². The fourth-order valence-electron chi connectivity index (χ4n) is 5.47. The maximum Gasteiger partial charge on any atom is 0.416 e. The van der Waals surface area contributed by atoms with Crippen LogP contribution in [0.4, 0.5) is 13.2 Å². The first kappa shape index (κ1) is 27.8. The molecule has 0 N–H and O–H groups in total. The Morgan fingerprint density at radius 3 is 1.50 bits per heavy atom. The molecule has 0 aliphatic heterocycles. The lowest BCUT2D eigenvalue weighted by Gasteiger charge is -2.57. The van der Waals surface area contributed by atoms with Gasteiger partial charge in [-0.2, -0.15) is 13.2 Å². The summed E-state index contributed by atoms with van der Waals surface area (Å²) in [7, 11) is -5.50. The molecule has 0 heterocycles. The number of ketones is 1. The summed E-state index contributed by atoms with van der Waals surface area (Å²) in [5.41, 5.74) is -0.173. The second-order valence-electron chi connectivity index (χ2n) is 11.1. The largest absolute Gasteiger partial charge is 0.417 e. The Morgan fingerprint density at radius 1 is 0.867 bits per heavy atom. The Bertz CT molecular complexity index is 712. The number of halogens is 4. The van der Waals surface area contributed by atoms with Gasteiger partial charge in [-0.05, 0) is 24.6 Å². The zero-order chi connectivity index (χ0) is 23.9. The smallest absolute Gasteiger partial charge is 0.416 e. The van der Waals surface area contributed by atoms with Crippen LogP contribution in [0.5, 0.6) is 0 Å². The monoisotopic (exact) mass is 512 g/mol. The molecule has 0 amide bonds. The molecular formula is C20H36ClF3O2Si4. The predicted molar refractivity (Wildman–Crippen MR) is 131 cm³/mol. The highest BCUT2D eigenvalue weighted by atomic mass is 35.5. The van der Waals surface area contributed by atoms with Crippen molar-refractivity contribution in [1.82, 2.24) is 0 Å². The van der Waals surface area contributed by atoms with E-state index in [1.54, 1.807) is 0 Å². The van der Waals surface area contributed by atoms with Gasteiger partial charge < -0.3 is 4.43 Å². The van der Waals surface area contributed by atoms with E-state index < -0.39 is 52.9 Å². The van der Waals surface area contributed by atoms with Gasteiger partial charge in [0.1, 0.15) is 5.38 Å². The number of carbonyl (C=O) groups is 1. The van der Waals surface area contributed by atoms with Gasteiger partial charge in [0.25, 0.3) is 0 Å². The van der Waals surface area contributed by atoms with E-state index in [1.165, 1.54) is 19.1 Å². The normalized spacial score (nSPS) is 16.3. The number of benzene rings is 1. The fourth-order valence-corrected chi connectivity index (χ4v) is 99.5. The molecule has 0 spiro atoms. The van der Waals surface area contributed by atoms with Crippen LogP contribution in [-0.4, -0.2) is 40.8 Å². The first-order valence-electron chi connectivity index (χ1n) is 10.2. The summed E-state index contributed by atoms with van der Waals surface area (Å²) < 4.78 is 46.3. The quantitative estimate of drug-likeness (QED) is 0.273. The second kappa shape index (κ2) is 8.97. The van der Waals surface area contributed by atoms with Crippen molar-refractivity contribution in [3.63, 3.8) is 0 Å². The highest BCUT2D eigenvalue weighted by Crippen LogP contribution is 2.43. The molecule has 172 valence electrons. The topological polar surface area (TPSA) is 26.3 Å². The van der Waals surface area contributed by atoms with Crippen molar-refractivity contribution in [2.75, 3.05) is 0 Å². The highest BCUT2D eigenvalue weighted by molar-refractivity contribution is 7.87. The van der Waals surface area contributed by atoms with Gasteiger partial charge in [-0.3, -0.25) is 4.79 Å². The first-order chi connectivity index (χ1) is 13.2. The van der Waals surface area contributed by atoms with Gasteiger partial charge >= 0.3 is 6.18 Å². The van der Waals surface area contributed by atoms with Crippen LogP contribution >= 0.6 is 11.6 Å². The fraction of sp³-hybridized carbons (Fsp3) is 0.650. The Labute approximate surface area is 188 Å². The molecule has 0 aliphatic carbocycles. The second-order valence-corrected chi connectivity index (χ2v) is 51.0. The van der Waals surface area contributed by atoms with Gasteiger partial charge in [-0.25, -0.2) is 0 Å². The molecule has 0 fully saturated rings. The Kier molecular flexibility index (Phi) is 8.32. The van der Waals surface area contributed by atoms with Crippen molar-refractivity contribution < 1.29 is 22.4 Å². The van der Waals surface area contributed by atoms with Gasteiger partial charge in [-0.15, -0.1) is 11.6 Å². The van der Waals surface area contributed by atoms with Crippen molar-refractivity contribution in [3.8, 4) is 0 Å². The lowest BCUT2D eigenvalue weighted by Crippen LogP contribution is -2.84. The summed E-state index contributed by atoms with van der Waals surface area (Å²) >= 11 is 6.57. The van der Waals surface area contributed by atoms with Crippen LogP contribution in [0.15, 0.2) is 24.3 Å². The molecular weight excluding hydrogens is 477 g/mol. The third kappa shape index (κ3) is 5.58. The van der Waals surface area contributed by atoms with Crippen LogP contribution in [0.3, 0.4) is 0 Å². The van der Waals surface area contributed by atoms with Gasteiger partial charge in [-0.1, -0.05) is 71.1 Å². The molecule has 2 nitrogen and oxygen atoms in total. The molecule has 1 aromatic rings. The molecule has 0 aromatic heterocycles. The Hall–Kier alpha value is -0.202. The SMILES string of the molecule is CC(=O)C(Cl)C(O[Si]([Si](C)(C)C)([Si](C)(C)C)[Si](C)(C)C)c1ccc(C(F)(F)F)cc1. The van der Waals surface area contributed by atoms with Crippen LogP contribution in [0.2, 0.25) is 58.9 Å². The van der Waals surface area contributed by atoms with E-state index in [0.29, 0.717) is 5.56 Å². The molecule has 0 bridgehead atoms. The molecule has 2 atom stereocenters. The zero-order valence-electron chi connectivity index (χ0n) is 19.8. The standard InChI is InChI=1S/C20H36ClF3O2Si4/c1-15(25)18(21)19(16-11-13-17(14-12-16)20(22,23)24)26-30(27(2,3)4,28(5,6)7)29(8,9)10/h11-14,18-19H,1-10H3. The molecule has 0 saturated carbocycles. The van der Waals surface area contributed by atoms with Gasteiger partial charge in [0.15, 0.2) is 12.7 Å². The number of rotatable bonds is 8. The summed E-state index contributed by atoms with van der Waals surface area (Å²) in [6.45, 7) is 20.2. The van der Waals surface area contributed by atoms with E-state index in [0.717, 1.165) is 12.1 Å². The average molecular weight is 513 g/mol. The van der Waals surface area contributed by atoms with Crippen LogP contribution in [0, 0.1) is 0 Å². The van der Waals surface area contributed by atoms with E-state index in [2.05, 4.69) is 58.9 Å². The molecule has 0 aliphatic rings. The third-order valence-electron chi connectivity index (χ3n) is 5.69. The van der Waals surface area contributed by atoms with Crippen LogP contribution < -0.4 is 0 Å². The molecule has 0 saturated heterocycles.